The van der Waals surface area contributed by atoms with Gasteiger partial charge in [-0.3, -0.25) is 0 Å². The second-order valence-corrected chi connectivity index (χ2v) is 22.7. The highest BCUT2D eigenvalue weighted by molar-refractivity contribution is 5.26. The zero-order valence-corrected chi connectivity index (χ0v) is 41.5. The van der Waals surface area contributed by atoms with Crippen LogP contribution < -0.4 is 0 Å². The van der Waals surface area contributed by atoms with Crippen LogP contribution in [0.5, 0.6) is 0 Å². The number of ether oxygens (including phenoxy) is 8. The standard InChI is InChI=1S/C50H82O22/c1-21(2)6-5-7-22(16-51)27-15-28(55)33-25-9-8-23-14-24(10-12-49(23,3)26(25)11-13-50(27,33)4)66-47-41(64)43(42(32(19-54)69-47)70-45-39(62)37(60)35(58)30(17-52)67-45)71-48-44(34(57)29(56)20-65-48)72-46-40(63)38(61)36(59)31(18-53)68-46/h5,7-8,21-22,24-48,51-64H,6,9-20H2,1-4H3/b7-5+/t22-,24-,25+,26-,27+,28-,29+,30+,31+,32+,33+,34+,35-,36-,37-,38-,39+,40+,41+,42+,43+,44-,45-,46-,47+,48-,49-,50+/m0/s1. The Morgan fingerprint density at radius 2 is 1.22 bits per heavy atom. The van der Waals surface area contributed by atoms with Crippen LogP contribution in [-0.4, -0.2) is 233 Å². The maximum atomic E-state index is 12.3. The number of hydrogen-bond donors (Lipinski definition) is 14. The molecule has 8 aliphatic rings. The van der Waals surface area contributed by atoms with Crippen molar-refractivity contribution in [3.63, 3.8) is 0 Å². The monoisotopic (exact) mass is 1030 g/mol. The summed E-state index contributed by atoms with van der Waals surface area (Å²) in [6.07, 6.45) is -21.4. The van der Waals surface area contributed by atoms with Crippen LogP contribution >= 0.6 is 0 Å². The third-order valence-electron chi connectivity index (χ3n) is 18.0. The zero-order valence-electron chi connectivity index (χ0n) is 41.5. The molecule has 0 aromatic carbocycles. The molecule has 0 aromatic rings. The third-order valence-corrected chi connectivity index (χ3v) is 18.0. The average molecular weight is 1040 g/mol. The molecular weight excluding hydrogens is 953 g/mol. The highest BCUT2D eigenvalue weighted by Crippen LogP contribution is 2.67. The lowest BCUT2D eigenvalue weighted by Gasteiger charge is -2.59. The van der Waals surface area contributed by atoms with Gasteiger partial charge in [-0.05, 0) is 91.8 Å². The highest BCUT2D eigenvalue weighted by Gasteiger charge is 2.63. The van der Waals surface area contributed by atoms with E-state index in [4.69, 9.17) is 37.9 Å². The van der Waals surface area contributed by atoms with Gasteiger partial charge in [-0.15, -0.1) is 0 Å². The molecule has 28 atom stereocenters. The van der Waals surface area contributed by atoms with E-state index in [2.05, 4.69) is 45.9 Å². The Morgan fingerprint density at radius 1 is 0.639 bits per heavy atom. The smallest absolute Gasteiger partial charge is 0.187 e. The summed E-state index contributed by atoms with van der Waals surface area (Å²) in [7, 11) is 0. The SMILES string of the molecule is CC(C)C/C=C/[C@@H](CO)[C@H]1C[C@H](O)[C@H]2[C@@H]3CC=C4C[C@@H](O[C@@H]5O[C@H](CO)[C@@H](O[C@@H]6O[C@H](CO)[C@H](O)[C@H](O)[C@H]6O)[C@H](O[C@@H]6OC[C@@H](O)[C@@H](O)[C@@H]6O[C@@H]6O[C@H](CO)[C@H](O)[C@H](O)[C@H]6O)[C@H]5O)CC[C@]4(C)[C@H]3CC[C@@]21C. The van der Waals surface area contributed by atoms with Gasteiger partial charge in [-0.25, -0.2) is 0 Å². The van der Waals surface area contributed by atoms with Crippen molar-refractivity contribution in [3.05, 3.63) is 23.8 Å². The van der Waals surface area contributed by atoms with Crippen LogP contribution in [0.3, 0.4) is 0 Å². The van der Waals surface area contributed by atoms with E-state index in [0.29, 0.717) is 31.6 Å². The first-order valence-electron chi connectivity index (χ1n) is 26.0. The summed E-state index contributed by atoms with van der Waals surface area (Å²) in [4.78, 5) is 0. The number of rotatable bonds is 16. The number of fused-ring (bicyclic) bond motifs is 5. The summed E-state index contributed by atoms with van der Waals surface area (Å²) in [6, 6.07) is 0. The molecule has 22 nitrogen and oxygen atoms in total. The van der Waals surface area contributed by atoms with Crippen LogP contribution in [0.1, 0.15) is 79.1 Å². The molecule has 14 N–H and O–H groups in total. The van der Waals surface area contributed by atoms with E-state index in [0.717, 1.165) is 25.7 Å². The van der Waals surface area contributed by atoms with Crippen LogP contribution in [0.25, 0.3) is 0 Å². The molecule has 72 heavy (non-hydrogen) atoms. The highest BCUT2D eigenvalue weighted by atomic mass is 16.8. The second kappa shape index (κ2) is 23.3. The van der Waals surface area contributed by atoms with Gasteiger partial charge in [-0.2, -0.15) is 0 Å². The summed E-state index contributed by atoms with van der Waals surface area (Å²) in [5.74, 6) is 1.19. The largest absolute Gasteiger partial charge is 0.396 e. The van der Waals surface area contributed by atoms with E-state index in [-0.39, 0.29) is 47.0 Å². The van der Waals surface area contributed by atoms with Crippen molar-refractivity contribution in [2.45, 2.75) is 208 Å². The summed E-state index contributed by atoms with van der Waals surface area (Å²) < 4.78 is 48.0. The minimum Gasteiger partial charge on any atom is -0.396 e. The Kier molecular flexibility index (Phi) is 18.4. The van der Waals surface area contributed by atoms with Gasteiger partial charge >= 0.3 is 0 Å². The van der Waals surface area contributed by atoms with Gasteiger partial charge in [0, 0.05) is 12.5 Å². The lowest BCUT2D eigenvalue weighted by molar-refractivity contribution is -0.396. The van der Waals surface area contributed by atoms with Crippen LogP contribution in [0.2, 0.25) is 0 Å². The van der Waals surface area contributed by atoms with Gasteiger partial charge in [0.15, 0.2) is 25.2 Å². The van der Waals surface area contributed by atoms with Gasteiger partial charge in [0.2, 0.25) is 0 Å². The molecule has 4 aliphatic carbocycles. The topological polar surface area (TPSA) is 357 Å². The van der Waals surface area contributed by atoms with Gasteiger partial charge in [-0.1, -0.05) is 51.5 Å². The predicted molar refractivity (Wildman–Crippen MR) is 246 cm³/mol. The van der Waals surface area contributed by atoms with E-state index >= 15 is 0 Å². The quantitative estimate of drug-likeness (QED) is 0.0687. The van der Waals surface area contributed by atoms with Crippen LogP contribution in [0.15, 0.2) is 23.8 Å². The van der Waals surface area contributed by atoms with Crippen molar-refractivity contribution in [1.29, 1.82) is 0 Å². The molecule has 8 rings (SSSR count). The minimum atomic E-state index is -1.95. The van der Waals surface area contributed by atoms with E-state index in [1.54, 1.807) is 0 Å². The normalized spacial score (nSPS) is 51.4. The predicted octanol–water partition coefficient (Wildman–Crippen LogP) is -2.96. The molecule has 0 spiro atoms. The van der Waals surface area contributed by atoms with Crippen molar-refractivity contribution < 1.29 is 109 Å². The van der Waals surface area contributed by atoms with Crippen molar-refractivity contribution in [1.82, 2.24) is 0 Å². The second-order valence-electron chi connectivity index (χ2n) is 22.7. The maximum absolute atomic E-state index is 12.3. The minimum absolute atomic E-state index is 0.0326. The number of hydrogen-bond acceptors (Lipinski definition) is 22. The Balaban J connectivity index is 1.02. The van der Waals surface area contributed by atoms with Crippen LogP contribution in [0, 0.1) is 46.3 Å². The van der Waals surface area contributed by atoms with E-state index < -0.39 is 155 Å². The van der Waals surface area contributed by atoms with Gasteiger partial charge in [0.25, 0.3) is 0 Å². The fourth-order valence-corrected chi connectivity index (χ4v) is 13.9. The molecule has 3 saturated carbocycles. The zero-order chi connectivity index (χ0) is 52.1. The van der Waals surface area contributed by atoms with Crippen molar-refractivity contribution in [3.8, 4) is 0 Å². The van der Waals surface area contributed by atoms with Crippen LogP contribution in [-0.2, 0) is 37.9 Å². The Hall–Kier alpha value is -1.40. The first-order chi connectivity index (χ1) is 34.2. The lowest BCUT2D eigenvalue weighted by Crippen LogP contribution is -2.67. The molecule has 0 unspecified atom stereocenters. The first kappa shape index (κ1) is 56.8. The Morgan fingerprint density at radius 3 is 1.82 bits per heavy atom. The average Bonchev–Trinajstić information content (AvgIpc) is 3.63. The summed E-state index contributed by atoms with van der Waals surface area (Å²) >= 11 is 0. The summed E-state index contributed by atoms with van der Waals surface area (Å²) in [5, 5.41) is 151. The summed E-state index contributed by atoms with van der Waals surface area (Å²) in [5.41, 5.74) is 0.825. The fourth-order valence-electron chi connectivity index (χ4n) is 13.9. The lowest BCUT2D eigenvalue weighted by atomic mass is 9.46. The van der Waals surface area contributed by atoms with Crippen molar-refractivity contribution in [2.24, 2.45) is 46.3 Å². The number of aliphatic hydroxyl groups excluding tert-OH is 14. The fraction of sp³-hybridized carbons (Fsp3) is 0.920. The van der Waals surface area contributed by atoms with Gasteiger partial charge < -0.3 is 109 Å². The number of allylic oxidation sites excluding steroid dienone is 2. The van der Waals surface area contributed by atoms with Crippen LogP contribution in [0.4, 0.5) is 0 Å². The van der Waals surface area contributed by atoms with E-state index in [9.17, 15) is 71.5 Å². The molecule has 0 bridgehead atoms. The van der Waals surface area contributed by atoms with E-state index in [1.807, 2.05) is 0 Å². The molecule has 22 heteroatoms. The summed E-state index contributed by atoms with van der Waals surface area (Å²) in [6.45, 7) is 5.98. The Bertz CT molecular complexity index is 1820. The molecule has 4 aliphatic heterocycles. The van der Waals surface area contributed by atoms with E-state index in [1.165, 1.54) is 5.57 Å². The molecule has 7 fully saturated rings. The van der Waals surface area contributed by atoms with Gasteiger partial charge in [0.1, 0.15) is 91.6 Å². The molecule has 414 valence electrons. The third kappa shape index (κ3) is 10.8. The molecule has 0 amide bonds. The van der Waals surface area contributed by atoms with Gasteiger partial charge in [0.05, 0.1) is 38.6 Å². The maximum Gasteiger partial charge on any atom is 0.187 e. The molecule has 0 radical (unpaired) electrons. The first-order valence-corrected chi connectivity index (χ1v) is 26.0. The number of aliphatic hydroxyl groups is 14. The van der Waals surface area contributed by atoms with Crippen molar-refractivity contribution in [2.75, 3.05) is 33.0 Å². The molecule has 0 aromatic heterocycles. The molecule has 4 saturated heterocycles. The van der Waals surface area contributed by atoms with Crippen molar-refractivity contribution >= 4 is 0 Å². The molecule has 4 heterocycles. The molecular formula is C50H82O22. The Labute approximate surface area is 419 Å².